The number of rotatable bonds is 10. The third-order valence-electron chi connectivity index (χ3n) is 4.82. The summed E-state index contributed by atoms with van der Waals surface area (Å²) in [5.74, 6) is -1.03. The predicted octanol–water partition coefficient (Wildman–Crippen LogP) is 2.79. The van der Waals surface area contributed by atoms with Crippen molar-refractivity contribution in [3.05, 3.63) is 29.8 Å². The van der Waals surface area contributed by atoms with E-state index < -0.39 is 17.5 Å². The number of carbonyl (C=O) groups is 2. The van der Waals surface area contributed by atoms with Gasteiger partial charge in [-0.15, -0.1) is 0 Å². The maximum absolute atomic E-state index is 12.6. The van der Waals surface area contributed by atoms with Gasteiger partial charge in [-0.05, 0) is 63.6 Å². The number of carboxylic acids is 1. The Bertz CT molecular complexity index is 593. The Balaban J connectivity index is 1.95. The van der Waals surface area contributed by atoms with Crippen molar-refractivity contribution in [3.8, 4) is 5.75 Å². The minimum absolute atomic E-state index is 0.0935. The highest BCUT2D eigenvalue weighted by atomic mass is 16.5. The van der Waals surface area contributed by atoms with E-state index in [0.29, 0.717) is 32.5 Å². The van der Waals surface area contributed by atoms with Gasteiger partial charge in [-0.25, -0.2) is 0 Å². The first-order valence-corrected chi connectivity index (χ1v) is 9.37. The summed E-state index contributed by atoms with van der Waals surface area (Å²) in [7, 11) is 0. The first kappa shape index (κ1) is 20.2. The van der Waals surface area contributed by atoms with E-state index >= 15 is 0 Å². The Kier molecular flexibility index (Phi) is 7.45. The molecule has 0 radical (unpaired) electrons. The van der Waals surface area contributed by atoms with E-state index in [2.05, 4.69) is 5.32 Å². The average molecular weight is 363 g/mol. The topological polar surface area (TPSA) is 84.9 Å². The van der Waals surface area contributed by atoms with Crippen LogP contribution in [0.3, 0.4) is 0 Å². The van der Waals surface area contributed by atoms with Crippen LogP contribution >= 0.6 is 0 Å². The second-order valence-corrected chi connectivity index (χ2v) is 6.66. The summed E-state index contributed by atoms with van der Waals surface area (Å²) in [5, 5.41) is 12.3. The smallest absolute Gasteiger partial charge is 0.308 e. The van der Waals surface area contributed by atoms with E-state index in [1.165, 1.54) is 0 Å². The highest BCUT2D eigenvalue weighted by molar-refractivity contribution is 5.86. The first-order valence-electron chi connectivity index (χ1n) is 9.37. The molecule has 0 aliphatic heterocycles. The van der Waals surface area contributed by atoms with Gasteiger partial charge in [0.1, 0.15) is 11.4 Å². The molecule has 1 unspecified atom stereocenters. The molecule has 1 saturated carbocycles. The molecule has 0 bridgehead atoms. The maximum Gasteiger partial charge on any atom is 0.308 e. The number of carbonyl (C=O) groups excluding carboxylic acids is 1. The molecule has 1 aromatic rings. The lowest BCUT2D eigenvalue weighted by molar-refractivity contribution is -0.147. The summed E-state index contributed by atoms with van der Waals surface area (Å²) in [4.78, 5) is 24.2. The van der Waals surface area contributed by atoms with Crippen molar-refractivity contribution in [1.29, 1.82) is 0 Å². The van der Waals surface area contributed by atoms with Crippen molar-refractivity contribution in [2.45, 2.75) is 51.6 Å². The van der Waals surface area contributed by atoms with Gasteiger partial charge in [0.15, 0.2) is 0 Å². The molecule has 2 rings (SSSR count). The lowest BCUT2D eigenvalue weighted by Gasteiger charge is -2.28. The van der Waals surface area contributed by atoms with Crippen LogP contribution in [0.15, 0.2) is 24.3 Å². The molecule has 0 aromatic heterocycles. The van der Waals surface area contributed by atoms with E-state index in [9.17, 15) is 14.7 Å². The van der Waals surface area contributed by atoms with Crippen LogP contribution in [-0.2, 0) is 20.7 Å². The summed E-state index contributed by atoms with van der Waals surface area (Å²) in [6.45, 7) is 4.94. The number of aliphatic carboxylic acids is 1. The molecule has 1 fully saturated rings. The fraction of sp³-hybridized carbons (Fsp3) is 0.600. The molecular weight excluding hydrogens is 334 g/mol. The van der Waals surface area contributed by atoms with Gasteiger partial charge in [0.25, 0.3) is 5.91 Å². The minimum atomic E-state index is -0.920. The fourth-order valence-corrected chi connectivity index (χ4v) is 3.46. The summed E-state index contributed by atoms with van der Waals surface area (Å²) in [6.07, 6.45) is 3.67. The Labute approximate surface area is 154 Å². The van der Waals surface area contributed by atoms with Crippen LogP contribution in [0.2, 0.25) is 0 Å². The van der Waals surface area contributed by atoms with Crippen molar-refractivity contribution in [2.24, 2.45) is 5.92 Å². The fourth-order valence-electron chi connectivity index (χ4n) is 3.46. The van der Waals surface area contributed by atoms with E-state index in [0.717, 1.165) is 24.2 Å². The largest absolute Gasteiger partial charge is 0.494 e. The van der Waals surface area contributed by atoms with Crippen molar-refractivity contribution >= 4 is 11.9 Å². The molecule has 1 aliphatic rings. The summed E-state index contributed by atoms with van der Waals surface area (Å²) >= 11 is 0. The van der Waals surface area contributed by atoms with E-state index in [4.69, 9.17) is 9.47 Å². The van der Waals surface area contributed by atoms with Gasteiger partial charge in [-0.3, -0.25) is 9.59 Å². The average Bonchev–Trinajstić information content (AvgIpc) is 3.10. The summed E-state index contributed by atoms with van der Waals surface area (Å²) in [6, 6.07) is 7.39. The lowest BCUT2D eigenvalue weighted by Crippen LogP contribution is -2.49. The molecule has 1 aromatic carbocycles. The van der Waals surface area contributed by atoms with Gasteiger partial charge in [-0.2, -0.15) is 0 Å². The normalized spacial score (nSPS) is 16.8. The first-order chi connectivity index (χ1) is 12.5. The van der Waals surface area contributed by atoms with Crippen LogP contribution in [0.5, 0.6) is 5.75 Å². The Morgan fingerprint density at radius 2 is 1.81 bits per heavy atom. The maximum atomic E-state index is 12.6. The molecule has 0 spiro atoms. The molecule has 2 N–H and O–H groups in total. The lowest BCUT2D eigenvalue weighted by atomic mass is 9.97. The zero-order valence-corrected chi connectivity index (χ0v) is 15.6. The third-order valence-corrected chi connectivity index (χ3v) is 4.82. The van der Waals surface area contributed by atoms with Crippen molar-refractivity contribution in [1.82, 2.24) is 5.32 Å². The van der Waals surface area contributed by atoms with Crippen molar-refractivity contribution in [3.63, 3.8) is 0 Å². The van der Waals surface area contributed by atoms with Crippen LogP contribution in [0.25, 0.3) is 0 Å². The zero-order chi connectivity index (χ0) is 19.0. The van der Waals surface area contributed by atoms with E-state index in [-0.39, 0.29) is 12.5 Å². The molecular formula is C20H29NO5. The SMILES string of the molecule is CCOc1ccc(CC(CNC(=O)C2(OCC)CCCC2)C(=O)O)cc1. The molecule has 1 aliphatic carbocycles. The van der Waals surface area contributed by atoms with Crippen LogP contribution in [-0.4, -0.2) is 42.3 Å². The standard InChI is InChI=1S/C20H29NO5/c1-3-25-17-9-7-15(8-10-17)13-16(18(22)23)14-21-19(24)20(26-4-2)11-5-6-12-20/h7-10,16H,3-6,11-14H2,1-2H3,(H,21,24)(H,22,23). The van der Waals surface area contributed by atoms with E-state index in [1.54, 1.807) is 0 Å². The second kappa shape index (κ2) is 9.57. The van der Waals surface area contributed by atoms with Gasteiger partial charge in [0, 0.05) is 13.2 Å². The number of ether oxygens (including phenoxy) is 2. The molecule has 0 saturated heterocycles. The zero-order valence-electron chi connectivity index (χ0n) is 15.6. The van der Waals surface area contributed by atoms with Crippen molar-refractivity contribution < 1.29 is 24.2 Å². The van der Waals surface area contributed by atoms with Crippen LogP contribution in [0.4, 0.5) is 0 Å². The predicted molar refractivity (Wildman–Crippen MR) is 98.3 cm³/mol. The van der Waals surface area contributed by atoms with Crippen LogP contribution < -0.4 is 10.1 Å². The monoisotopic (exact) mass is 363 g/mol. The highest BCUT2D eigenvalue weighted by Crippen LogP contribution is 2.33. The highest BCUT2D eigenvalue weighted by Gasteiger charge is 2.42. The number of benzene rings is 1. The summed E-state index contributed by atoms with van der Waals surface area (Å²) in [5.41, 5.74) is 0.118. The molecule has 1 amide bonds. The molecule has 1 atom stereocenters. The van der Waals surface area contributed by atoms with Crippen LogP contribution in [0, 0.1) is 5.92 Å². The van der Waals surface area contributed by atoms with Crippen LogP contribution in [0.1, 0.15) is 45.1 Å². The molecule has 6 nitrogen and oxygen atoms in total. The number of nitrogens with one attached hydrogen (secondary N) is 1. The van der Waals surface area contributed by atoms with Gasteiger partial charge in [-0.1, -0.05) is 12.1 Å². The van der Waals surface area contributed by atoms with Gasteiger partial charge in [0.2, 0.25) is 0 Å². The van der Waals surface area contributed by atoms with Gasteiger partial charge < -0.3 is 19.9 Å². The Morgan fingerprint density at radius 1 is 1.15 bits per heavy atom. The minimum Gasteiger partial charge on any atom is -0.494 e. The second-order valence-electron chi connectivity index (χ2n) is 6.66. The van der Waals surface area contributed by atoms with E-state index in [1.807, 2.05) is 38.1 Å². The van der Waals surface area contributed by atoms with Gasteiger partial charge >= 0.3 is 5.97 Å². The Morgan fingerprint density at radius 3 is 2.35 bits per heavy atom. The molecule has 26 heavy (non-hydrogen) atoms. The quantitative estimate of drug-likeness (QED) is 0.668. The van der Waals surface area contributed by atoms with Gasteiger partial charge in [0.05, 0.1) is 12.5 Å². The molecule has 0 heterocycles. The number of hydrogen-bond donors (Lipinski definition) is 2. The number of carboxylic acid groups (broad SMARTS) is 1. The molecule has 144 valence electrons. The number of hydrogen-bond acceptors (Lipinski definition) is 4. The number of amides is 1. The molecule has 6 heteroatoms. The third kappa shape index (κ3) is 5.21. The summed E-state index contributed by atoms with van der Waals surface area (Å²) < 4.78 is 11.1. The Hall–Kier alpha value is -2.08. The van der Waals surface area contributed by atoms with Crippen molar-refractivity contribution in [2.75, 3.05) is 19.8 Å².